The molecule has 0 saturated heterocycles. The van der Waals surface area contributed by atoms with Crippen LogP contribution in [0.1, 0.15) is 45.9 Å². The molecule has 3 heterocycles. The lowest BCUT2D eigenvalue weighted by Gasteiger charge is -2.27. The maximum absolute atomic E-state index is 12.8. The van der Waals surface area contributed by atoms with Crippen LogP contribution in [0.2, 0.25) is 5.02 Å². The second kappa shape index (κ2) is 5.54. The highest BCUT2D eigenvalue weighted by Crippen LogP contribution is 2.44. The van der Waals surface area contributed by atoms with Gasteiger partial charge in [0.1, 0.15) is 11.2 Å². The van der Waals surface area contributed by atoms with Crippen LogP contribution in [0.25, 0.3) is 0 Å². The second-order valence-corrected chi connectivity index (χ2v) is 8.35. The van der Waals surface area contributed by atoms with Gasteiger partial charge in [-0.05, 0) is 36.8 Å². The van der Waals surface area contributed by atoms with E-state index in [1.807, 2.05) is 6.07 Å². The van der Waals surface area contributed by atoms with Crippen molar-refractivity contribution in [1.82, 2.24) is 5.32 Å². The number of carbonyl (C=O) groups is 1. The third kappa shape index (κ3) is 2.39. The van der Waals surface area contributed by atoms with Gasteiger partial charge in [-0.2, -0.15) is 0 Å². The van der Waals surface area contributed by atoms with Crippen molar-refractivity contribution in [3.8, 4) is 11.5 Å². The van der Waals surface area contributed by atoms with Crippen molar-refractivity contribution in [3.05, 3.63) is 38.7 Å². The van der Waals surface area contributed by atoms with Crippen LogP contribution in [0.5, 0.6) is 11.5 Å². The Balaban J connectivity index is 1.52. The fraction of sp³-hybridized carbons (Fsp3) is 0.389. The zero-order valence-corrected chi connectivity index (χ0v) is 15.2. The zero-order valence-electron chi connectivity index (χ0n) is 13.6. The van der Waals surface area contributed by atoms with Gasteiger partial charge < -0.3 is 20.1 Å². The van der Waals surface area contributed by atoms with Crippen molar-refractivity contribution in [2.75, 3.05) is 12.1 Å². The normalized spacial score (nSPS) is 23.5. The number of anilines is 1. The summed E-state index contributed by atoms with van der Waals surface area (Å²) in [5, 5.41) is 7.99. The molecule has 1 aromatic carbocycles. The predicted octanol–water partition coefficient (Wildman–Crippen LogP) is 4.11. The van der Waals surface area contributed by atoms with Crippen LogP contribution in [-0.2, 0) is 12.8 Å². The maximum atomic E-state index is 12.8. The van der Waals surface area contributed by atoms with E-state index in [0.29, 0.717) is 22.4 Å². The number of benzene rings is 1. The Morgan fingerprint density at radius 1 is 1.24 bits per heavy atom. The highest BCUT2D eigenvalue weighted by atomic mass is 35.5. The molecule has 0 fully saturated rings. The van der Waals surface area contributed by atoms with Crippen molar-refractivity contribution in [2.45, 2.75) is 32.4 Å². The molecule has 2 aromatic rings. The van der Waals surface area contributed by atoms with Crippen molar-refractivity contribution < 1.29 is 14.3 Å². The highest BCUT2D eigenvalue weighted by Gasteiger charge is 2.34. The van der Waals surface area contributed by atoms with E-state index in [2.05, 4.69) is 17.6 Å². The first kappa shape index (κ1) is 15.3. The summed E-state index contributed by atoms with van der Waals surface area (Å²) < 4.78 is 10.8. The van der Waals surface area contributed by atoms with Gasteiger partial charge in [-0.3, -0.25) is 4.79 Å². The molecule has 1 amide bonds. The van der Waals surface area contributed by atoms with Gasteiger partial charge >= 0.3 is 0 Å². The number of hydrogen-bond acceptors (Lipinski definition) is 5. The molecule has 1 aliphatic carbocycles. The van der Waals surface area contributed by atoms with Crippen molar-refractivity contribution in [1.29, 1.82) is 0 Å². The molecule has 2 atom stereocenters. The van der Waals surface area contributed by atoms with Crippen molar-refractivity contribution in [3.63, 3.8) is 0 Å². The quantitative estimate of drug-likeness (QED) is 0.786. The molecule has 0 radical (unpaired) electrons. The molecule has 7 heteroatoms. The molecular formula is C18H17ClN2O3S. The Morgan fingerprint density at radius 2 is 2.04 bits per heavy atom. The lowest BCUT2D eigenvalue weighted by Crippen LogP contribution is -2.38. The van der Waals surface area contributed by atoms with Crippen LogP contribution in [0.3, 0.4) is 0 Å². The number of ether oxygens (including phenoxy) is 2. The van der Waals surface area contributed by atoms with E-state index in [1.54, 1.807) is 17.4 Å². The molecule has 2 aliphatic heterocycles. The number of hydrogen-bond donors (Lipinski definition) is 2. The Bertz CT molecular complexity index is 895. The summed E-state index contributed by atoms with van der Waals surface area (Å²) in [6, 6.07) is 3.58. The number of rotatable bonds is 1. The first-order valence-corrected chi connectivity index (χ1v) is 9.60. The number of nitrogens with one attached hydrogen (secondary N) is 2. The van der Waals surface area contributed by atoms with Gasteiger partial charge in [0.05, 0.1) is 10.6 Å². The summed E-state index contributed by atoms with van der Waals surface area (Å²) in [7, 11) is 0. The molecule has 3 aliphatic rings. The van der Waals surface area contributed by atoms with Crippen LogP contribution in [0.15, 0.2) is 12.1 Å². The molecule has 130 valence electrons. The predicted molar refractivity (Wildman–Crippen MR) is 96.9 cm³/mol. The monoisotopic (exact) mass is 376 g/mol. The van der Waals surface area contributed by atoms with E-state index < -0.39 is 0 Å². The summed E-state index contributed by atoms with van der Waals surface area (Å²) in [6.45, 7) is 2.46. The van der Waals surface area contributed by atoms with Crippen molar-refractivity contribution >= 4 is 33.8 Å². The molecule has 2 N–H and O–H groups in total. The SMILES string of the molecule is CC1CCc2c(sc3c2C(=O)NC(c2cc4c(cc2Cl)OCO4)N3)C1. The third-order valence-corrected chi connectivity index (χ3v) is 6.61. The lowest BCUT2D eigenvalue weighted by atomic mass is 9.88. The van der Waals surface area contributed by atoms with Crippen LogP contribution in [0, 0.1) is 5.92 Å². The van der Waals surface area contributed by atoms with Gasteiger partial charge in [0.25, 0.3) is 5.91 Å². The third-order valence-electron chi connectivity index (χ3n) is 5.09. The van der Waals surface area contributed by atoms with Crippen molar-refractivity contribution in [2.24, 2.45) is 5.92 Å². The molecule has 5 nitrogen and oxygen atoms in total. The number of carbonyl (C=O) groups excluding carboxylic acids is 1. The summed E-state index contributed by atoms with van der Waals surface area (Å²) >= 11 is 8.12. The molecule has 5 rings (SSSR count). The van der Waals surface area contributed by atoms with E-state index in [0.717, 1.165) is 35.4 Å². The van der Waals surface area contributed by atoms with Gasteiger partial charge in [-0.15, -0.1) is 11.3 Å². The first-order chi connectivity index (χ1) is 12.1. The molecular weight excluding hydrogens is 360 g/mol. The largest absolute Gasteiger partial charge is 0.454 e. The smallest absolute Gasteiger partial charge is 0.256 e. The van der Waals surface area contributed by atoms with Gasteiger partial charge in [-0.25, -0.2) is 0 Å². The van der Waals surface area contributed by atoms with E-state index >= 15 is 0 Å². The standard InChI is InChI=1S/C18H17ClN2O3S/c1-8-2-3-9-14(4-8)25-18-15(9)17(22)20-16(21-18)10-5-12-13(6-11(10)19)24-7-23-12/h5-6,8,16,21H,2-4,7H2,1H3,(H,20,22). The Morgan fingerprint density at radius 3 is 2.88 bits per heavy atom. The Hall–Kier alpha value is -1.92. The van der Waals surface area contributed by atoms with E-state index in [9.17, 15) is 4.79 Å². The summed E-state index contributed by atoms with van der Waals surface area (Å²) in [5.41, 5.74) is 2.82. The topological polar surface area (TPSA) is 59.6 Å². The summed E-state index contributed by atoms with van der Waals surface area (Å²) in [6.07, 6.45) is 2.80. The van der Waals surface area contributed by atoms with Gasteiger partial charge in [0, 0.05) is 16.5 Å². The van der Waals surface area contributed by atoms with Crippen LogP contribution in [0.4, 0.5) is 5.00 Å². The van der Waals surface area contributed by atoms with Crippen LogP contribution < -0.4 is 20.1 Å². The molecule has 1 aromatic heterocycles. The zero-order chi connectivity index (χ0) is 17.1. The van der Waals surface area contributed by atoms with E-state index in [4.69, 9.17) is 21.1 Å². The molecule has 25 heavy (non-hydrogen) atoms. The summed E-state index contributed by atoms with van der Waals surface area (Å²) in [4.78, 5) is 14.1. The molecule has 0 saturated carbocycles. The number of amides is 1. The minimum Gasteiger partial charge on any atom is -0.454 e. The van der Waals surface area contributed by atoms with E-state index in [-0.39, 0.29) is 18.9 Å². The van der Waals surface area contributed by atoms with E-state index in [1.165, 1.54) is 10.4 Å². The highest BCUT2D eigenvalue weighted by molar-refractivity contribution is 7.16. The lowest BCUT2D eigenvalue weighted by molar-refractivity contribution is 0.0935. The number of thiophene rings is 1. The van der Waals surface area contributed by atoms with Crippen LogP contribution >= 0.6 is 22.9 Å². The average Bonchev–Trinajstić information content (AvgIpc) is 3.16. The summed E-state index contributed by atoms with van der Waals surface area (Å²) in [5.74, 6) is 1.94. The number of halogens is 1. The Kier molecular flexibility index (Phi) is 3.40. The number of fused-ring (bicyclic) bond motifs is 4. The van der Waals surface area contributed by atoms with Gasteiger partial charge in [0.2, 0.25) is 6.79 Å². The molecule has 0 bridgehead atoms. The average molecular weight is 377 g/mol. The fourth-order valence-electron chi connectivity index (χ4n) is 3.77. The van der Waals surface area contributed by atoms with Gasteiger partial charge in [-0.1, -0.05) is 18.5 Å². The fourth-order valence-corrected chi connectivity index (χ4v) is 5.47. The minimum atomic E-state index is -0.375. The molecule has 2 unspecified atom stereocenters. The van der Waals surface area contributed by atoms with Crippen LogP contribution in [-0.4, -0.2) is 12.7 Å². The maximum Gasteiger partial charge on any atom is 0.256 e. The second-order valence-electron chi connectivity index (χ2n) is 6.83. The van der Waals surface area contributed by atoms with Gasteiger partial charge in [0.15, 0.2) is 11.5 Å². The Labute approximate surface area is 154 Å². The first-order valence-electron chi connectivity index (χ1n) is 8.41. The minimum absolute atomic E-state index is 0.0282. The molecule has 0 spiro atoms.